The van der Waals surface area contributed by atoms with Gasteiger partial charge in [0.1, 0.15) is 5.69 Å². The number of benzene rings is 1. The first kappa shape index (κ1) is 22.7. The van der Waals surface area contributed by atoms with Gasteiger partial charge in [0, 0.05) is 28.4 Å². The Balaban J connectivity index is 2.36. The third kappa shape index (κ3) is 4.88. The Hall–Kier alpha value is -2.60. The van der Waals surface area contributed by atoms with E-state index in [1.165, 1.54) is 0 Å². The van der Waals surface area contributed by atoms with Gasteiger partial charge in [-0.25, -0.2) is 4.79 Å². The molecule has 2 aromatic rings. The lowest BCUT2D eigenvalue weighted by Crippen LogP contribution is -2.44. The minimum absolute atomic E-state index is 0.220. The molecular formula is C22H27ClN2O4. The van der Waals surface area contributed by atoms with Crippen LogP contribution in [0.25, 0.3) is 0 Å². The van der Waals surface area contributed by atoms with E-state index in [9.17, 15) is 14.4 Å². The standard InChI is InChI=1S/C22H27ClN2O4/c1-6-12-25(21(27)16-8-10-17(23)11-9-16)15(5)20(26)18-13(3)19(24-14(18)4)22(28)29-7-2/h8-11,15,24H,6-7,12H2,1-5H3. The molecule has 6 nitrogen and oxygen atoms in total. The van der Waals surface area contributed by atoms with Gasteiger partial charge in [-0.3, -0.25) is 9.59 Å². The zero-order valence-corrected chi connectivity index (χ0v) is 18.2. The number of halogens is 1. The molecule has 0 fully saturated rings. The van der Waals surface area contributed by atoms with Crippen LogP contribution in [0.1, 0.15) is 69.7 Å². The number of hydrogen-bond donors (Lipinski definition) is 1. The van der Waals surface area contributed by atoms with Crippen LogP contribution < -0.4 is 0 Å². The lowest BCUT2D eigenvalue weighted by Gasteiger charge is -2.28. The van der Waals surface area contributed by atoms with E-state index in [0.717, 1.165) is 0 Å². The summed E-state index contributed by atoms with van der Waals surface area (Å²) in [4.78, 5) is 43.0. The van der Waals surface area contributed by atoms with Gasteiger partial charge in [0.15, 0.2) is 5.78 Å². The van der Waals surface area contributed by atoms with Crippen LogP contribution in [0.5, 0.6) is 0 Å². The van der Waals surface area contributed by atoms with E-state index in [-0.39, 0.29) is 24.0 Å². The second kappa shape index (κ2) is 9.74. The normalized spacial score (nSPS) is 11.8. The van der Waals surface area contributed by atoms with Crippen molar-refractivity contribution in [3.05, 3.63) is 57.4 Å². The number of hydrogen-bond acceptors (Lipinski definition) is 4. The van der Waals surface area contributed by atoms with Gasteiger partial charge < -0.3 is 14.6 Å². The fourth-order valence-electron chi connectivity index (χ4n) is 3.35. The topological polar surface area (TPSA) is 79.5 Å². The maximum atomic E-state index is 13.3. The molecule has 1 aromatic heterocycles. The van der Waals surface area contributed by atoms with Gasteiger partial charge in [-0.2, -0.15) is 0 Å². The van der Waals surface area contributed by atoms with Gasteiger partial charge in [0.2, 0.25) is 0 Å². The highest BCUT2D eigenvalue weighted by molar-refractivity contribution is 6.30. The largest absolute Gasteiger partial charge is 0.461 e. The van der Waals surface area contributed by atoms with Crippen molar-refractivity contribution in [3.63, 3.8) is 0 Å². The number of aromatic amines is 1. The summed E-state index contributed by atoms with van der Waals surface area (Å²) in [6.07, 6.45) is 0.704. The summed E-state index contributed by atoms with van der Waals surface area (Å²) < 4.78 is 5.05. The SMILES string of the molecule is CCCN(C(=O)c1ccc(Cl)cc1)C(C)C(=O)c1c(C)[nH]c(C(=O)OCC)c1C. The number of amides is 1. The summed E-state index contributed by atoms with van der Waals surface area (Å²) >= 11 is 5.91. The number of esters is 1. The Morgan fingerprint density at radius 2 is 1.76 bits per heavy atom. The second-order valence-electron chi connectivity index (χ2n) is 6.89. The number of Topliss-reactive ketones (excluding diaryl/α,β-unsaturated/α-hetero) is 1. The summed E-state index contributed by atoms with van der Waals surface area (Å²) in [5.41, 5.74) is 2.28. The van der Waals surface area contributed by atoms with Crippen molar-refractivity contribution in [1.29, 1.82) is 0 Å². The highest BCUT2D eigenvalue weighted by atomic mass is 35.5. The van der Waals surface area contributed by atoms with Crippen LogP contribution in [-0.4, -0.2) is 46.7 Å². The molecule has 1 atom stereocenters. The molecule has 0 spiro atoms. The summed E-state index contributed by atoms with van der Waals surface area (Å²) in [5.74, 6) is -0.953. The lowest BCUT2D eigenvalue weighted by atomic mass is 9.99. The Kier molecular flexibility index (Phi) is 7.62. The molecule has 0 saturated heterocycles. The number of aryl methyl sites for hydroxylation is 1. The van der Waals surface area contributed by atoms with E-state index in [4.69, 9.17) is 16.3 Å². The zero-order chi connectivity index (χ0) is 21.7. The first-order valence-electron chi connectivity index (χ1n) is 9.69. The van der Waals surface area contributed by atoms with Crippen LogP contribution >= 0.6 is 11.6 Å². The van der Waals surface area contributed by atoms with E-state index in [0.29, 0.717) is 40.4 Å². The molecule has 0 aliphatic carbocycles. The molecule has 0 saturated carbocycles. The highest BCUT2D eigenvalue weighted by Crippen LogP contribution is 2.23. The molecule has 7 heteroatoms. The van der Waals surface area contributed by atoms with Crippen molar-refractivity contribution in [2.24, 2.45) is 0 Å². The quantitative estimate of drug-likeness (QED) is 0.502. The number of rotatable bonds is 8. The average Bonchev–Trinajstić information content (AvgIpc) is 2.99. The van der Waals surface area contributed by atoms with E-state index in [1.54, 1.807) is 56.9 Å². The number of aromatic nitrogens is 1. The summed E-state index contributed by atoms with van der Waals surface area (Å²) in [6, 6.07) is 5.91. The van der Waals surface area contributed by atoms with Crippen LogP contribution in [0.3, 0.4) is 0 Å². The number of carbonyl (C=O) groups is 3. The minimum Gasteiger partial charge on any atom is -0.461 e. The molecule has 1 aromatic carbocycles. The summed E-state index contributed by atoms with van der Waals surface area (Å²) in [5, 5.41) is 0.540. The number of carbonyl (C=O) groups excluding carboxylic acids is 3. The number of ether oxygens (including phenoxy) is 1. The first-order valence-corrected chi connectivity index (χ1v) is 10.1. The number of nitrogens with zero attached hydrogens (tertiary/aromatic N) is 1. The van der Waals surface area contributed by atoms with Crippen molar-refractivity contribution in [1.82, 2.24) is 9.88 Å². The average molecular weight is 419 g/mol. The van der Waals surface area contributed by atoms with Gasteiger partial charge >= 0.3 is 5.97 Å². The van der Waals surface area contributed by atoms with Crippen LogP contribution in [0.4, 0.5) is 0 Å². The molecule has 156 valence electrons. The minimum atomic E-state index is -0.693. The summed E-state index contributed by atoms with van der Waals surface area (Å²) in [6.45, 7) is 9.51. The van der Waals surface area contributed by atoms with Crippen LogP contribution in [0.15, 0.2) is 24.3 Å². The van der Waals surface area contributed by atoms with Crippen LogP contribution in [0, 0.1) is 13.8 Å². The lowest BCUT2D eigenvalue weighted by molar-refractivity contribution is 0.0519. The molecule has 0 aliphatic rings. The Labute approximate surface area is 176 Å². The van der Waals surface area contributed by atoms with Gasteiger partial charge in [-0.05, 0) is 63.9 Å². The van der Waals surface area contributed by atoms with E-state index >= 15 is 0 Å². The molecule has 1 heterocycles. The Bertz CT molecular complexity index is 902. The maximum Gasteiger partial charge on any atom is 0.355 e. The summed E-state index contributed by atoms with van der Waals surface area (Å²) in [7, 11) is 0. The Morgan fingerprint density at radius 3 is 2.31 bits per heavy atom. The predicted octanol–water partition coefficient (Wildman–Crippen LogP) is 4.59. The number of nitrogens with one attached hydrogen (secondary N) is 1. The van der Waals surface area contributed by atoms with Gasteiger partial charge in [0.05, 0.1) is 12.6 Å². The molecule has 0 radical (unpaired) electrons. The maximum absolute atomic E-state index is 13.3. The second-order valence-corrected chi connectivity index (χ2v) is 7.33. The number of H-pyrrole nitrogens is 1. The van der Waals surface area contributed by atoms with Crippen molar-refractivity contribution in [2.75, 3.05) is 13.2 Å². The van der Waals surface area contributed by atoms with Gasteiger partial charge in [-0.1, -0.05) is 18.5 Å². The third-order valence-corrected chi connectivity index (χ3v) is 5.08. The zero-order valence-electron chi connectivity index (χ0n) is 17.5. The number of ketones is 1. The van der Waals surface area contributed by atoms with E-state index < -0.39 is 12.0 Å². The third-order valence-electron chi connectivity index (χ3n) is 4.83. The van der Waals surface area contributed by atoms with Crippen molar-refractivity contribution < 1.29 is 19.1 Å². The molecule has 0 bridgehead atoms. The fourth-order valence-corrected chi connectivity index (χ4v) is 3.47. The highest BCUT2D eigenvalue weighted by Gasteiger charge is 2.31. The molecular weight excluding hydrogens is 392 g/mol. The smallest absolute Gasteiger partial charge is 0.355 e. The first-order chi connectivity index (χ1) is 13.7. The van der Waals surface area contributed by atoms with Crippen molar-refractivity contribution >= 4 is 29.3 Å². The van der Waals surface area contributed by atoms with Crippen molar-refractivity contribution in [3.8, 4) is 0 Å². The predicted molar refractivity (Wildman–Crippen MR) is 113 cm³/mol. The van der Waals surface area contributed by atoms with Crippen LogP contribution in [0.2, 0.25) is 5.02 Å². The van der Waals surface area contributed by atoms with Crippen molar-refractivity contribution in [2.45, 2.75) is 47.1 Å². The van der Waals surface area contributed by atoms with Gasteiger partial charge in [0.25, 0.3) is 5.91 Å². The molecule has 1 unspecified atom stereocenters. The van der Waals surface area contributed by atoms with E-state index in [1.807, 2.05) is 6.92 Å². The van der Waals surface area contributed by atoms with Crippen LogP contribution in [-0.2, 0) is 4.74 Å². The molecule has 2 rings (SSSR count). The molecule has 1 amide bonds. The van der Waals surface area contributed by atoms with Gasteiger partial charge in [-0.15, -0.1) is 0 Å². The monoisotopic (exact) mass is 418 g/mol. The molecule has 29 heavy (non-hydrogen) atoms. The molecule has 0 aliphatic heterocycles. The Morgan fingerprint density at radius 1 is 1.14 bits per heavy atom. The fraction of sp³-hybridized carbons (Fsp3) is 0.409. The molecule has 1 N–H and O–H groups in total. The van der Waals surface area contributed by atoms with E-state index in [2.05, 4.69) is 4.98 Å².